The summed E-state index contributed by atoms with van der Waals surface area (Å²) in [6, 6.07) is 8.64. The summed E-state index contributed by atoms with van der Waals surface area (Å²) in [5.41, 5.74) is -0.120. The molecule has 1 N–H and O–H groups in total. The van der Waals surface area contributed by atoms with E-state index in [4.69, 9.17) is 21.1 Å². The maximum absolute atomic E-state index is 13.8. The maximum Gasteiger partial charge on any atom is 0.573 e. The van der Waals surface area contributed by atoms with E-state index >= 15 is 0 Å². The normalized spacial score (nSPS) is 18.0. The van der Waals surface area contributed by atoms with Crippen LogP contribution in [0.4, 0.5) is 45.2 Å². The Balaban J connectivity index is 1.40. The van der Waals surface area contributed by atoms with Gasteiger partial charge in [0.2, 0.25) is 0 Å². The molecule has 9 nitrogen and oxygen atoms in total. The number of alkyl halides is 9. The van der Waals surface area contributed by atoms with Crippen molar-refractivity contribution in [3.8, 4) is 22.6 Å². The minimum atomic E-state index is -5.50. The molecule has 0 spiro atoms. The highest BCUT2D eigenvalue weighted by molar-refractivity contribution is 6.32. The highest BCUT2D eigenvalue weighted by atomic mass is 35.5. The number of aryl methyl sites for hydroxylation is 1. The largest absolute Gasteiger partial charge is 0.573 e. The quantitative estimate of drug-likeness (QED) is 0.219. The standard InChI is InChI=1S/C31H23ClF9N3O6/c1-15-8-17(10-18(9-15)29(33,34)35)16-2-4-22-20(11-16)26(46)43-6-7-44(27(23(43)13-42-22)49-28(47)30(36,37)38)25(45)14-48-24-5-3-19(12-21(24)32)50-31(39,40)41/h2-5,8-12,23,27,42H,6-7,13-14H2,1H3/t23-,27?/m1/s1. The number of amides is 2. The van der Waals surface area contributed by atoms with E-state index < -0.39 is 78.3 Å². The zero-order chi connectivity index (χ0) is 36.8. The van der Waals surface area contributed by atoms with Gasteiger partial charge in [-0.25, -0.2) is 4.79 Å². The highest BCUT2D eigenvalue weighted by Gasteiger charge is 2.50. The molecule has 5 rings (SSSR count). The molecule has 1 fully saturated rings. The summed E-state index contributed by atoms with van der Waals surface area (Å²) < 4.78 is 132. The lowest BCUT2D eigenvalue weighted by Gasteiger charge is -2.45. The van der Waals surface area contributed by atoms with E-state index in [2.05, 4.69) is 10.1 Å². The molecular weight excluding hydrogens is 717 g/mol. The lowest BCUT2D eigenvalue weighted by atomic mass is 9.97. The summed E-state index contributed by atoms with van der Waals surface area (Å²) in [7, 11) is 0. The predicted octanol–water partition coefficient (Wildman–Crippen LogP) is 6.82. The fourth-order valence-electron chi connectivity index (χ4n) is 5.47. The fourth-order valence-corrected chi connectivity index (χ4v) is 5.70. The van der Waals surface area contributed by atoms with Gasteiger partial charge in [-0.2, -0.15) is 26.3 Å². The molecule has 268 valence electrons. The first-order valence-electron chi connectivity index (χ1n) is 14.3. The van der Waals surface area contributed by atoms with Gasteiger partial charge < -0.3 is 29.3 Å². The number of carbonyl (C=O) groups excluding carboxylic acids is 3. The van der Waals surface area contributed by atoms with Gasteiger partial charge >= 0.3 is 24.7 Å². The van der Waals surface area contributed by atoms with Crippen molar-refractivity contribution < 1.29 is 68.1 Å². The van der Waals surface area contributed by atoms with E-state index in [-0.39, 0.29) is 41.2 Å². The average Bonchev–Trinajstić information content (AvgIpc) is 3.14. The van der Waals surface area contributed by atoms with Crippen LogP contribution < -0.4 is 14.8 Å². The van der Waals surface area contributed by atoms with Crippen molar-refractivity contribution in [3.63, 3.8) is 0 Å². The summed E-state index contributed by atoms with van der Waals surface area (Å²) in [5, 5.41) is 2.47. The maximum atomic E-state index is 13.8. The average molecular weight is 740 g/mol. The highest BCUT2D eigenvalue weighted by Crippen LogP contribution is 2.37. The molecule has 2 atom stereocenters. The van der Waals surface area contributed by atoms with Crippen LogP contribution in [0.1, 0.15) is 21.5 Å². The van der Waals surface area contributed by atoms with Crippen molar-refractivity contribution in [2.45, 2.75) is 37.9 Å². The minimum absolute atomic E-state index is 0.0448. The Bertz CT molecular complexity index is 1820. The van der Waals surface area contributed by atoms with Crippen LogP contribution >= 0.6 is 11.6 Å². The number of benzene rings is 3. The van der Waals surface area contributed by atoms with E-state index in [1.807, 2.05) is 0 Å². The first kappa shape index (κ1) is 36.4. The van der Waals surface area contributed by atoms with Crippen LogP contribution in [0.3, 0.4) is 0 Å². The molecule has 2 amide bonds. The van der Waals surface area contributed by atoms with Gasteiger partial charge in [0.25, 0.3) is 11.8 Å². The number of nitrogens with zero attached hydrogens (tertiary/aromatic N) is 2. The van der Waals surface area contributed by atoms with E-state index in [9.17, 15) is 53.9 Å². The first-order chi connectivity index (χ1) is 23.2. The van der Waals surface area contributed by atoms with Gasteiger partial charge in [0, 0.05) is 31.4 Å². The van der Waals surface area contributed by atoms with Gasteiger partial charge in [-0.1, -0.05) is 23.7 Å². The molecule has 3 aromatic carbocycles. The number of hydrogen-bond donors (Lipinski definition) is 1. The zero-order valence-electron chi connectivity index (χ0n) is 25.3. The Morgan fingerprint density at radius 1 is 0.920 bits per heavy atom. The molecule has 1 saturated heterocycles. The Labute approximate surface area is 281 Å². The Morgan fingerprint density at radius 3 is 2.28 bits per heavy atom. The number of halogens is 10. The molecule has 19 heteroatoms. The number of rotatable bonds is 6. The Morgan fingerprint density at radius 2 is 1.64 bits per heavy atom. The number of nitrogens with one attached hydrogen (secondary N) is 1. The van der Waals surface area contributed by atoms with Gasteiger partial charge in [-0.15, -0.1) is 13.2 Å². The second-order valence-corrected chi connectivity index (χ2v) is 11.5. The lowest BCUT2D eigenvalue weighted by molar-refractivity contribution is -0.274. The number of piperazine rings is 1. The zero-order valence-corrected chi connectivity index (χ0v) is 26.1. The fraction of sp³-hybridized carbons (Fsp3) is 0.323. The number of fused-ring (bicyclic) bond motifs is 2. The van der Waals surface area contributed by atoms with Crippen LogP contribution in [0.2, 0.25) is 5.02 Å². The monoisotopic (exact) mass is 739 g/mol. The number of anilines is 1. The summed E-state index contributed by atoms with van der Waals surface area (Å²) in [6.45, 7) is -0.547. The van der Waals surface area contributed by atoms with E-state index in [0.29, 0.717) is 5.56 Å². The van der Waals surface area contributed by atoms with Crippen LogP contribution in [0.15, 0.2) is 54.6 Å². The van der Waals surface area contributed by atoms with E-state index in [1.165, 1.54) is 31.2 Å². The minimum Gasteiger partial charge on any atom is -0.482 e. The third-order valence-electron chi connectivity index (χ3n) is 7.64. The SMILES string of the molecule is Cc1cc(-c2ccc3c(c2)C(=O)N2CCN(C(=O)COc4ccc(OC(F)(F)F)cc4Cl)C(OC(=O)C(F)(F)F)[C@H]2CN3)cc(C(F)(F)F)c1. The number of carbonyl (C=O) groups is 3. The molecule has 0 aromatic heterocycles. The van der Waals surface area contributed by atoms with E-state index in [1.54, 1.807) is 0 Å². The van der Waals surface area contributed by atoms with Gasteiger partial charge in [0.15, 0.2) is 12.8 Å². The van der Waals surface area contributed by atoms with Crippen molar-refractivity contribution in [1.29, 1.82) is 0 Å². The number of hydrogen-bond acceptors (Lipinski definition) is 7. The van der Waals surface area contributed by atoms with Crippen molar-refractivity contribution >= 4 is 35.1 Å². The molecule has 2 aliphatic heterocycles. The second-order valence-electron chi connectivity index (χ2n) is 11.1. The molecule has 0 radical (unpaired) electrons. The third kappa shape index (κ3) is 8.11. The van der Waals surface area contributed by atoms with Crippen molar-refractivity contribution in [2.75, 3.05) is 31.6 Å². The van der Waals surface area contributed by atoms with Crippen molar-refractivity contribution in [2.24, 2.45) is 0 Å². The molecule has 0 aliphatic carbocycles. The van der Waals surface area contributed by atoms with Crippen LogP contribution in [0.25, 0.3) is 11.1 Å². The van der Waals surface area contributed by atoms with Crippen LogP contribution in [0, 0.1) is 6.92 Å². The molecule has 2 aliphatic rings. The van der Waals surface area contributed by atoms with Gasteiger partial charge in [-0.3, -0.25) is 9.59 Å². The second kappa shape index (κ2) is 13.4. The van der Waals surface area contributed by atoms with Gasteiger partial charge in [-0.05, 0) is 60.0 Å². The van der Waals surface area contributed by atoms with Crippen LogP contribution in [0.5, 0.6) is 11.5 Å². The smallest absolute Gasteiger partial charge is 0.482 e. The molecule has 0 saturated carbocycles. The van der Waals surface area contributed by atoms with Crippen LogP contribution in [-0.2, 0) is 20.5 Å². The summed E-state index contributed by atoms with van der Waals surface area (Å²) >= 11 is 5.94. The molecule has 3 aromatic rings. The summed E-state index contributed by atoms with van der Waals surface area (Å²) in [4.78, 5) is 40.9. The predicted molar refractivity (Wildman–Crippen MR) is 156 cm³/mol. The van der Waals surface area contributed by atoms with Gasteiger partial charge in [0.05, 0.1) is 16.1 Å². The molecule has 50 heavy (non-hydrogen) atoms. The number of ether oxygens (including phenoxy) is 3. The molecule has 0 bridgehead atoms. The number of esters is 1. The van der Waals surface area contributed by atoms with Crippen molar-refractivity contribution in [1.82, 2.24) is 9.80 Å². The molecule has 1 unspecified atom stereocenters. The van der Waals surface area contributed by atoms with Gasteiger partial charge in [0.1, 0.15) is 17.5 Å². The summed E-state index contributed by atoms with van der Waals surface area (Å²) in [6.07, 6.45) is -17.2. The lowest BCUT2D eigenvalue weighted by Crippen LogP contribution is -2.65. The molecular formula is C31H23ClF9N3O6. The molecule has 2 heterocycles. The first-order valence-corrected chi connectivity index (χ1v) is 14.7. The summed E-state index contributed by atoms with van der Waals surface area (Å²) in [5.74, 6) is -5.45. The van der Waals surface area contributed by atoms with Crippen LogP contribution in [-0.4, -0.2) is 78.6 Å². The van der Waals surface area contributed by atoms with Crippen molar-refractivity contribution in [3.05, 3.63) is 76.3 Å². The Kier molecular flexibility index (Phi) is 9.79. The topological polar surface area (TPSA) is 97.4 Å². The Hall–Kier alpha value is -4.87. The van der Waals surface area contributed by atoms with E-state index in [0.717, 1.165) is 40.1 Å². The third-order valence-corrected chi connectivity index (χ3v) is 7.93.